The van der Waals surface area contributed by atoms with Crippen LogP contribution in [-0.2, 0) is 18.8 Å². The van der Waals surface area contributed by atoms with Gasteiger partial charge in [0.1, 0.15) is 0 Å². The van der Waals surface area contributed by atoms with Crippen molar-refractivity contribution in [3.63, 3.8) is 0 Å². The average molecular weight is 196 g/mol. The molecule has 0 atom stereocenters. The smallest absolute Gasteiger partial charge is 0.201 e. The van der Waals surface area contributed by atoms with Crippen LogP contribution in [0.1, 0.15) is 36.5 Å². The third-order valence-corrected chi connectivity index (χ3v) is 2.91. The Balaban J connectivity index is 2.46. The highest BCUT2D eigenvalue weighted by molar-refractivity contribution is 5.36. The Bertz CT molecular complexity index is 342. The number of halogens is 2. The van der Waals surface area contributed by atoms with Gasteiger partial charge in [0.15, 0.2) is 0 Å². The summed E-state index contributed by atoms with van der Waals surface area (Å²) in [6.07, 6.45) is 2.33. The number of rotatable bonds is 1. The second kappa shape index (κ2) is 3.34. The first-order valence-electron chi connectivity index (χ1n) is 5.13. The van der Waals surface area contributed by atoms with Gasteiger partial charge in [-0.15, -0.1) is 0 Å². The molecule has 2 rings (SSSR count). The fraction of sp³-hybridized carbons (Fsp3) is 0.500. The SMILES string of the molecule is CCc1ccc2c(c1)CCCC2(F)F. The third-order valence-electron chi connectivity index (χ3n) is 2.91. The van der Waals surface area contributed by atoms with Crippen molar-refractivity contribution in [3.05, 3.63) is 34.9 Å². The summed E-state index contributed by atoms with van der Waals surface area (Å²) in [6.45, 7) is 2.04. The highest BCUT2D eigenvalue weighted by Gasteiger charge is 2.36. The number of alkyl halides is 2. The second-order valence-electron chi connectivity index (χ2n) is 3.90. The third kappa shape index (κ3) is 1.54. The molecule has 0 fully saturated rings. The van der Waals surface area contributed by atoms with E-state index in [0.29, 0.717) is 6.42 Å². The van der Waals surface area contributed by atoms with Gasteiger partial charge in [0.2, 0.25) is 0 Å². The number of benzene rings is 1. The van der Waals surface area contributed by atoms with Crippen LogP contribution in [-0.4, -0.2) is 0 Å². The molecule has 0 saturated heterocycles. The zero-order valence-electron chi connectivity index (χ0n) is 8.32. The van der Waals surface area contributed by atoms with E-state index < -0.39 is 5.92 Å². The van der Waals surface area contributed by atoms with Crippen LogP contribution < -0.4 is 0 Å². The summed E-state index contributed by atoms with van der Waals surface area (Å²) in [5, 5.41) is 0. The van der Waals surface area contributed by atoms with Crippen LogP contribution in [0.3, 0.4) is 0 Å². The van der Waals surface area contributed by atoms with Crippen molar-refractivity contribution in [2.75, 3.05) is 0 Å². The van der Waals surface area contributed by atoms with E-state index in [1.54, 1.807) is 6.07 Å². The fourth-order valence-corrected chi connectivity index (χ4v) is 2.07. The molecule has 0 nitrogen and oxygen atoms in total. The molecule has 1 aromatic rings. The fourth-order valence-electron chi connectivity index (χ4n) is 2.07. The van der Waals surface area contributed by atoms with Gasteiger partial charge >= 0.3 is 0 Å². The molecule has 0 aromatic heterocycles. The Morgan fingerprint density at radius 1 is 1.36 bits per heavy atom. The molecule has 1 aliphatic rings. The molecule has 0 heterocycles. The number of aryl methyl sites for hydroxylation is 2. The van der Waals surface area contributed by atoms with Crippen molar-refractivity contribution in [2.45, 2.75) is 38.5 Å². The molecule has 0 bridgehead atoms. The maximum absolute atomic E-state index is 13.4. The first kappa shape index (κ1) is 9.63. The molecular formula is C12H14F2. The molecule has 14 heavy (non-hydrogen) atoms. The van der Waals surface area contributed by atoms with E-state index in [-0.39, 0.29) is 12.0 Å². The number of hydrogen-bond acceptors (Lipinski definition) is 0. The summed E-state index contributed by atoms with van der Waals surface area (Å²) in [4.78, 5) is 0. The quantitative estimate of drug-likeness (QED) is 0.642. The van der Waals surface area contributed by atoms with Gasteiger partial charge in [-0.1, -0.05) is 25.1 Å². The summed E-state index contributed by atoms with van der Waals surface area (Å²) in [7, 11) is 0. The normalized spacial score (nSPS) is 19.1. The lowest BCUT2D eigenvalue weighted by atomic mass is 9.87. The van der Waals surface area contributed by atoms with Crippen molar-refractivity contribution in [3.8, 4) is 0 Å². The minimum Gasteiger partial charge on any atom is -0.201 e. The molecule has 0 saturated carbocycles. The molecule has 0 N–H and O–H groups in total. The minimum absolute atomic E-state index is 0.00543. The van der Waals surface area contributed by atoms with Crippen molar-refractivity contribution in [1.29, 1.82) is 0 Å². The molecule has 0 amide bonds. The number of fused-ring (bicyclic) bond motifs is 1. The predicted octanol–water partition coefficient (Wildman–Crippen LogP) is 3.68. The first-order valence-corrected chi connectivity index (χ1v) is 5.13. The average Bonchev–Trinajstić information content (AvgIpc) is 2.16. The molecule has 76 valence electrons. The summed E-state index contributed by atoms with van der Waals surface area (Å²) in [5.41, 5.74) is 2.25. The van der Waals surface area contributed by atoms with Crippen LogP contribution in [0.4, 0.5) is 8.78 Å². The van der Waals surface area contributed by atoms with Gasteiger partial charge in [0, 0.05) is 12.0 Å². The summed E-state index contributed by atoms with van der Waals surface area (Å²) in [6, 6.07) is 5.35. The summed E-state index contributed by atoms with van der Waals surface area (Å²) < 4.78 is 26.9. The van der Waals surface area contributed by atoms with E-state index in [9.17, 15) is 8.78 Å². The Labute approximate surface area is 82.9 Å². The molecule has 2 heteroatoms. The highest BCUT2D eigenvalue weighted by Crippen LogP contribution is 2.40. The lowest BCUT2D eigenvalue weighted by Crippen LogP contribution is -2.20. The largest absolute Gasteiger partial charge is 0.273 e. The van der Waals surface area contributed by atoms with Crippen LogP contribution in [0.15, 0.2) is 18.2 Å². The van der Waals surface area contributed by atoms with Crippen LogP contribution in [0, 0.1) is 0 Å². The van der Waals surface area contributed by atoms with E-state index in [2.05, 4.69) is 0 Å². The van der Waals surface area contributed by atoms with Crippen LogP contribution in [0.2, 0.25) is 0 Å². The standard InChI is InChI=1S/C12H14F2/c1-2-9-5-6-11-10(8-9)4-3-7-12(11,13)14/h5-6,8H,2-4,7H2,1H3. The van der Waals surface area contributed by atoms with E-state index in [0.717, 1.165) is 24.0 Å². The zero-order chi connectivity index (χ0) is 10.2. The van der Waals surface area contributed by atoms with Crippen LogP contribution in [0.5, 0.6) is 0 Å². The summed E-state index contributed by atoms with van der Waals surface area (Å²) >= 11 is 0. The monoisotopic (exact) mass is 196 g/mol. The lowest BCUT2D eigenvalue weighted by Gasteiger charge is -2.25. The van der Waals surface area contributed by atoms with Gasteiger partial charge < -0.3 is 0 Å². The maximum atomic E-state index is 13.4. The molecule has 0 radical (unpaired) electrons. The van der Waals surface area contributed by atoms with Gasteiger partial charge in [-0.2, -0.15) is 0 Å². The van der Waals surface area contributed by atoms with E-state index in [1.165, 1.54) is 0 Å². The van der Waals surface area contributed by atoms with E-state index >= 15 is 0 Å². The van der Waals surface area contributed by atoms with E-state index in [4.69, 9.17) is 0 Å². The Morgan fingerprint density at radius 2 is 2.14 bits per heavy atom. The summed E-state index contributed by atoms with van der Waals surface area (Å²) in [5.74, 6) is -2.60. The van der Waals surface area contributed by atoms with Crippen LogP contribution in [0.25, 0.3) is 0 Å². The van der Waals surface area contributed by atoms with Crippen molar-refractivity contribution in [2.24, 2.45) is 0 Å². The number of hydrogen-bond donors (Lipinski definition) is 0. The van der Waals surface area contributed by atoms with E-state index in [1.807, 2.05) is 19.1 Å². The molecule has 1 aromatic carbocycles. The molecular weight excluding hydrogens is 182 g/mol. The first-order chi connectivity index (χ1) is 6.63. The predicted molar refractivity (Wildman–Crippen MR) is 52.7 cm³/mol. The zero-order valence-corrected chi connectivity index (χ0v) is 8.32. The minimum atomic E-state index is -2.60. The van der Waals surface area contributed by atoms with Gasteiger partial charge in [0.05, 0.1) is 0 Å². The highest BCUT2D eigenvalue weighted by atomic mass is 19.3. The topological polar surface area (TPSA) is 0 Å². The van der Waals surface area contributed by atoms with Gasteiger partial charge in [-0.05, 0) is 30.4 Å². The lowest BCUT2D eigenvalue weighted by molar-refractivity contribution is -0.0216. The van der Waals surface area contributed by atoms with Crippen molar-refractivity contribution >= 4 is 0 Å². The van der Waals surface area contributed by atoms with Gasteiger partial charge in [0.25, 0.3) is 5.92 Å². The molecule has 1 aliphatic carbocycles. The molecule has 0 spiro atoms. The Morgan fingerprint density at radius 3 is 2.86 bits per heavy atom. The van der Waals surface area contributed by atoms with Crippen molar-refractivity contribution < 1.29 is 8.78 Å². The van der Waals surface area contributed by atoms with Gasteiger partial charge in [-0.25, -0.2) is 8.78 Å². The molecule has 0 aliphatic heterocycles. The Hall–Kier alpha value is -0.920. The maximum Gasteiger partial charge on any atom is 0.273 e. The van der Waals surface area contributed by atoms with Crippen LogP contribution >= 0.6 is 0 Å². The van der Waals surface area contributed by atoms with Crippen molar-refractivity contribution in [1.82, 2.24) is 0 Å². The molecule has 0 unspecified atom stereocenters. The van der Waals surface area contributed by atoms with Gasteiger partial charge in [-0.3, -0.25) is 0 Å². The second-order valence-corrected chi connectivity index (χ2v) is 3.90. The Kier molecular flexibility index (Phi) is 2.30.